The van der Waals surface area contributed by atoms with Gasteiger partial charge in [-0.25, -0.2) is 4.39 Å². The number of hydrogen-bond donors (Lipinski definition) is 1. The smallest absolute Gasteiger partial charge is 0.123 e. The van der Waals surface area contributed by atoms with E-state index in [4.69, 9.17) is 5.73 Å². The molecule has 2 aromatic rings. The van der Waals surface area contributed by atoms with Crippen molar-refractivity contribution in [3.8, 4) is 0 Å². The molecular formula is C19H24FN. The molecule has 0 amide bonds. The highest BCUT2D eigenvalue weighted by Gasteiger charge is 2.23. The number of benzene rings is 2. The Balaban J connectivity index is 2.23. The maximum atomic E-state index is 13.3. The van der Waals surface area contributed by atoms with Crippen LogP contribution in [0.1, 0.15) is 44.4 Å². The summed E-state index contributed by atoms with van der Waals surface area (Å²) in [5, 5.41) is 0. The van der Waals surface area contributed by atoms with E-state index in [0.29, 0.717) is 6.42 Å². The average Bonchev–Trinajstić information content (AvgIpc) is 2.37. The first-order valence-corrected chi connectivity index (χ1v) is 7.33. The molecule has 0 saturated heterocycles. The Morgan fingerprint density at radius 2 is 1.48 bits per heavy atom. The third-order valence-corrected chi connectivity index (χ3v) is 3.87. The lowest BCUT2D eigenvalue weighted by Crippen LogP contribution is -2.35. The van der Waals surface area contributed by atoms with Crippen molar-refractivity contribution >= 4 is 0 Å². The summed E-state index contributed by atoms with van der Waals surface area (Å²) in [7, 11) is 0. The Bertz CT molecular complexity index is 606. The van der Waals surface area contributed by atoms with Gasteiger partial charge in [0.05, 0.1) is 0 Å². The van der Waals surface area contributed by atoms with E-state index in [1.807, 2.05) is 13.0 Å². The van der Waals surface area contributed by atoms with Gasteiger partial charge in [-0.05, 0) is 47.6 Å². The highest BCUT2D eigenvalue weighted by atomic mass is 19.1. The van der Waals surface area contributed by atoms with Gasteiger partial charge >= 0.3 is 0 Å². The second kappa shape index (κ2) is 5.61. The summed E-state index contributed by atoms with van der Waals surface area (Å²) in [5.74, 6) is -0.216. The summed E-state index contributed by atoms with van der Waals surface area (Å²) in [6.45, 7) is 8.56. The van der Waals surface area contributed by atoms with Gasteiger partial charge in [0.15, 0.2) is 0 Å². The summed E-state index contributed by atoms with van der Waals surface area (Å²) < 4.78 is 13.3. The fourth-order valence-electron chi connectivity index (χ4n) is 2.52. The van der Waals surface area contributed by atoms with Crippen molar-refractivity contribution in [3.63, 3.8) is 0 Å². The van der Waals surface area contributed by atoms with E-state index in [-0.39, 0.29) is 11.2 Å². The van der Waals surface area contributed by atoms with Gasteiger partial charge in [-0.2, -0.15) is 0 Å². The number of nitrogens with two attached hydrogens (primary N) is 1. The summed E-state index contributed by atoms with van der Waals surface area (Å²) in [5.41, 5.74) is 9.35. The van der Waals surface area contributed by atoms with E-state index >= 15 is 0 Å². The zero-order valence-electron chi connectivity index (χ0n) is 13.3. The van der Waals surface area contributed by atoms with Crippen molar-refractivity contribution in [2.75, 3.05) is 0 Å². The molecule has 1 nitrogen and oxygen atoms in total. The lowest BCUT2D eigenvalue weighted by molar-refractivity contribution is 0.488. The van der Waals surface area contributed by atoms with Crippen LogP contribution < -0.4 is 5.73 Å². The fourth-order valence-corrected chi connectivity index (χ4v) is 2.52. The Morgan fingerprint density at radius 1 is 0.905 bits per heavy atom. The standard InChI is InChI=1S/C19H24FN/c1-18(2,3)15-8-10-16(11-9-15)19(4,21)13-14-6-5-7-17(20)12-14/h5-12H,13,21H2,1-4H3. The van der Waals surface area contributed by atoms with Crippen LogP contribution in [0.15, 0.2) is 48.5 Å². The molecule has 0 saturated carbocycles. The van der Waals surface area contributed by atoms with Crippen LogP contribution in [0.3, 0.4) is 0 Å². The summed E-state index contributed by atoms with van der Waals surface area (Å²) >= 11 is 0. The van der Waals surface area contributed by atoms with Crippen LogP contribution in [0.2, 0.25) is 0 Å². The molecule has 0 aliphatic rings. The van der Waals surface area contributed by atoms with Crippen LogP contribution in [0.5, 0.6) is 0 Å². The predicted molar refractivity (Wildman–Crippen MR) is 86.8 cm³/mol. The van der Waals surface area contributed by atoms with Crippen molar-refractivity contribution in [1.29, 1.82) is 0 Å². The van der Waals surface area contributed by atoms with Gasteiger partial charge in [0.25, 0.3) is 0 Å². The summed E-state index contributed by atoms with van der Waals surface area (Å²) in [4.78, 5) is 0. The molecule has 0 heterocycles. The van der Waals surface area contributed by atoms with Crippen LogP contribution in [-0.4, -0.2) is 0 Å². The zero-order valence-corrected chi connectivity index (χ0v) is 13.3. The minimum absolute atomic E-state index is 0.131. The minimum Gasteiger partial charge on any atom is -0.321 e. The van der Waals surface area contributed by atoms with Crippen molar-refractivity contribution in [2.24, 2.45) is 5.73 Å². The van der Waals surface area contributed by atoms with Crippen LogP contribution in [0, 0.1) is 5.82 Å². The molecule has 0 aliphatic heterocycles. The monoisotopic (exact) mass is 285 g/mol. The van der Waals surface area contributed by atoms with Crippen molar-refractivity contribution in [3.05, 3.63) is 71.0 Å². The zero-order chi connectivity index (χ0) is 15.7. The molecule has 2 rings (SSSR count). The Morgan fingerprint density at radius 3 is 2.00 bits per heavy atom. The Kier molecular flexibility index (Phi) is 4.20. The first-order chi connectivity index (χ1) is 9.68. The van der Waals surface area contributed by atoms with Crippen LogP contribution in [0.4, 0.5) is 4.39 Å². The normalized spacial score (nSPS) is 14.8. The molecule has 0 bridgehead atoms. The number of hydrogen-bond acceptors (Lipinski definition) is 1. The molecule has 2 N–H and O–H groups in total. The van der Waals surface area contributed by atoms with E-state index in [1.54, 1.807) is 12.1 Å². The van der Waals surface area contributed by atoms with E-state index in [9.17, 15) is 4.39 Å². The van der Waals surface area contributed by atoms with E-state index in [2.05, 4.69) is 45.0 Å². The van der Waals surface area contributed by atoms with Gasteiger partial charge in [-0.3, -0.25) is 0 Å². The lowest BCUT2D eigenvalue weighted by Gasteiger charge is -2.27. The highest BCUT2D eigenvalue weighted by molar-refractivity contribution is 5.33. The van der Waals surface area contributed by atoms with E-state index in [1.165, 1.54) is 11.6 Å². The summed E-state index contributed by atoms with van der Waals surface area (Å²) in [6, 6.07) is 15.1. The maximum absolute atomic E-state index is 13.3. The first-order valence-electron chi connectivity index (χ1n) is 7.33. The van der Waals surface area contributed by atoms with Crippen molar-refractivity contribution < 1.29 is 4.39 Å². The molecule has 0 aromatic heterocycles. The van der Waals surface area contributed by atoms with Crippen LogP contribution in [0.25, 0.3) is 0 Å². The number of rotatable bonds is 3. The molecular weight excluding hydrogens is 261 g/mol. The highest BCUT2D eigenvalue weighted by Crippen LogP contribution is 2.27. The first kappa shape index (κ1) is 15.7. The molecule has 0 spiro atoms. The molecule has 1 atom stereocenters. The summed E-state index contributed by atoms with van der Waals surface area (Å²) in [6.07, 6.45) is 0.611. The largest absolute Gasteiger partial charge is 0.321 e. The van der Waals surface area contributed by atoms with Crippen molar-refractivity contribution in [2.45, 2.75) is 45.1 Å². The van der Waals surface area contributed by atoms with Gasteiger partial charge in [0.1, 0.15) is 5.82 Å². The fraction of sp³-hybridized carbons (Fsp3) is 0.368. The average molecular weight is 285 g/mol. The van der Waals surface area contributed by atoms with Crippen molar-refractivity contribution in [1.82, 2.24) is 0 Å². The maximum Gasteiger partial charge on any atom is 0.123 e. The number of halogens is 1. The third kappa shape index (κ3) is 3.92. The quantitative estimate of drug-likeness (QED) is 0.880. The predicted octanol–water partition coefficient (Wildman–Crippen LogP) is 4.54. The van der Waals surface area contributed by atoms with Gasteiger partial charge < -0.3 is 5.73 Å². The molecule has 112 valence electrons. The topological polar surface area (TPSA) is 26.0 Å². The molecule has 0 fully saturated rings. The third-order valence-electron chi connectivity index (χ3n) is 3.87. The molecule has 2 aromatic carbocycles. The molecule has 0 radical (unpaired) electrons. The minimum atomic E-state index is -0.510. The van der Waals surface area contributed by atoms with Gasteiger partial charge in [0.2, 0.25) is 0 Å². The van der Waals surface area contributed by atoms with E-state index < -0.39 is 5.54 Å². The molecule has 0 aliphatic carbocycles. The SMILES string of the molecule is CC(C)(C)c1ccc(C(C)(N)Cc2cccc(F)c2)cc1. The lowest BCUT2D eigenvalue weighted by atomic mass is 9.82. The van der Waals surface area contributed by atoms with Gasteiger partial charge in [-0.15, -0.1) is 0 Å². The second-order valence-corrected chi connectivity index (χ2v) is 7.05. The van der Waals surface area contributed by atoms with E-state index in [0.717, 1.165) is 11.1 Å². The second-order valence-electron chi connectivity index (χ2n) is 7.05. The molecule has 1 unspecified atom stereocenters. The molecule has 21 heavy (non-hydrogen) atoms. The van der Waals surface area contributed by atoms with Gasteiger partial charge in [-0.1, -0.05) is 57.2 Å². The van der Waals surface area contributed by atoms with Gasteiger partial charge in [0, 0.05) is 5.54 Å². The van der Waals surface area contributed by atoms with Crippen LogP contribution in [-0.2, 0) is 17.4 Å². The Hall–Kier alpha value is -1.67. The molecule has 2 heteroatoms. The Labute approximate surface area is 127 Å². The van der Waals surface area contributed by atoms with Crippen LogP contribution >= 0.6 is 0 Å².